The van der Waals surface area contributed by atoms with Gasteiger partial charge in [0.25, 0.3) is 0 Å². The molecule has 0 spiro atoms. The smallest absolute Gasteiger partial charge is 0.240 e. The molecule has 1 saturated heterocycles. The second kappa shape index (κ2) is 8.24. The Kier molecular flexibility index (Phi) is 5.34. The van der Waals surface area contributed by atoms with Crippen LogP contribution in [0, 0.1) is 22.7 Å². The van der Waals surface area contributed by atoms with Crippen molar-refractivity contribution in [2.45, 2.75) is 31.3 Å². The van der Waals surface area contributed by atoms with Crippen molar-refractivity contribution in [1.29, 1.82) is 10.5 Å². The molecule has 2 atom stereocenters. The van der Waals surface area contributed by atoms with Gasteiger partial charge in [-0.3, -0.25) is 4.79 Å². The third-order valence-corrected chi connectivity index (χ3v) is 5.27. The number of benzene rings is 1. The number of hydrogen-bond acceptors (Lipinski definition) is 6. The largest absolute Gasteiger partial charge is 0.439 e. The Morgan fingerprint density at radius 1 is 1.37 bits per heavy atom. The van der Waals surface area contributed by atoms with Crippen molar-refractivity contribution >= 4 is 16.8 Å². The van der Waals surface area contributed by atoms with Gasteiger partial charge in [-0.05, 0) is 49.1 Å². The van der Waals surface area contributed by atoms with Crippen LogP contribution in [-0.4, -0.2) is 39.4 Å². The van der Waals surface area contributed by atoms with Gasteiger partial charge >= 0.3 is 0 Å². The average molecular weight is 400 g/mol. The van der Waals surface area contributed by atoms with Crippen LogP contribution in [0.1, 0.15) is 24.0 Å². The first kappa shape index (κ1) is 19.4. The molecule has 8 nitrogen and oxygen atoms in total. The lowest BCUT2D eigenvalue weighted by Gasteiger charge is -2.23. The number of nitrogens with one attached hydrogen (secondary N) is 1. The molecule has 4 rings (SSSR count). The van der Waals surface area contributed by atoms with Gasteiger partial charge in [-0.15, -0.1) is 0 Å². The number of hydrogen-bond donors (Lipinski definition) is 2. The van der Waals surface area contributed by atoms with Crippen molar-refractivity contribution in [3.63, 3.8) is 0 Å². The Balaban J connectivity index is 1.52. The number of carbonyl (C=O) groups is 1. The van der Waals surface area contributed by atoms with Gasteiger partial charge in [-0.25, -0.2) is 4.98 Å². The molecule has 2 unspecified atom stereocenters. The summed E-state index contributed by atoms with van der Waals surface area (Å²) in [5.41, 5.74) is 8.47. The van der Waals surface area contributed by atoms with E-state index in [-0.39, 0.29) is 11.9 Å². The van der Waals surface area contributed by atoms with Gasteiger partial charge in [0.05, 0.1) is 17.7 Å². The minimum atomic E-state index is -0.720. The molecule has 2 aromatic heterocycles. The summed E-state index contributed by atoms with van der Waals surface area (Å²) in [5.74, 6) is 0.779. The molecule has 0 bridgehead atoms. The number of carbonyl (C=O) groups excluding carboxylic acids is 1. The van der Waals surface area contributed by atoms with Crippen LogP contribution in [0.5, 0.6) is 11.6 Å². The van der Waals surface area contributed by atoms with Crippen LogP contribution in [-0.2, 0) is 11.2 Å². The quantitative estimate of drug-likeness (QED) is 0.676. The van der Waals surface area contributed by atoms with Crippen LogP contribution in [0.15, 0.2) is 42.7 Å². The van der Waals surface area contributed by atoms with E-state index in [4.69, 9.17) is 15.7 Å². The molecule has 0 aliphatic carbocycles. The number of amides is 1. The Bertz CT molecular complexity index is 1160. The number of aromatic nitrogens is 2. The molecule has 3 N–H and O–H groups in total. The summed E-state index contributed by atoms with van der Waals surface area (Å²) in [7, 11) is 0. The fourth-order valence-corrected chi connectivity index (χ4v) is 3.72. The molecule has 3 heterocycles. The summed E-state index contributed by atoms with van der Waals surface area (Å²) in [6, 6.07) is 11.9. The van der Waals surface area contributed by atoms with Crippen molar-refractivity contribution in [2.75, 3.05) is 6.54 Å². The highest BCUT2D eigenvalue weighted by molar-refractivity contribution is 5.87. The molecule has 30 heavy (non-hydrogen) atoms. The lowest BCUT2D eigenvalue weighted by molar-refractivity contribution is -0.132. The minimum absolute atomic E-state index is 0.192. The fraction of sp³-hybridized carbons (Fsp3) is 0.273. The van der Waals surface area contributed by atoms with E-state index in [0.29, 0.717) is 36.6 Å². The highest BCUT2D eigenvalue weighted by atomic mass is 16.5. The maximum absolute atomic E-state index is 12.7. The zero-order chi connectivity index (χ0) is 21.1. The molecule has 1 aliphatic heterocycles. The van der Waals surface area contributed by atoms with Crippen molar-refractivity contribution < 1.29 is 9.53 Å². The number of fused-ring (bicyclic) bond motifs is 1. The molecule has 1 aromatic carbocycles. The highest BCUT2D eigenvalue weighted by Crippen LogP contribution is 2.28. The Morgan fingerprint density at radius 3 is 2.97 bits per heavy atom. The number of ether oxygens (including phenoxy) is 1. The maximum atomic E-state index is 12.7. The van der Waals surface area contributed by atoms with E-state index in [0.717, 1.165) is 22.9 Å². The Morgan fingerprint density at radius 2 is 2.23 bits per heavy atom. The van der Waals surface area contributed by atoms with Gasteiger partial charge in [0.15, 0.2) is 0 Å². The van der Waals surface area contributed by atoms with Gasteiger partial charge in [0.1, 0.15) is 17.9 Å². The molecule has 0 radical (unpaired) electrons. The molecule has 1 fully saturated rings. The van der Waals surface area contributed by atoms with E-state index in [1.54, 1.807) is 17.0 Å². The van der Waals surface area contributed by atoms with E-state index in [1.807, 2.05) is 30.5 Å². The molecule has 0 saturated carbocycles. The van der Waals surface area contributed by atoms with Crippen molar-refractivity contribution in [3.8, 4) is 23.8 Å². The molecular formula is C22H20N6O2. The van der Waals surface area contributed by atoms with Gasteiger partial charge in [0.2, 0.25) is 11.8 Å². The minimum Gasteiger partial charge on any atom is -0.439 e. The van der Waals surface area contributed by atoms with Crippen LogP contribution in [0.2, 0.25) is 0 Å². The van der Waals surface area contributed by atoms with Crippen molar-refractivity contribution in [2.24, 2.45) is 5.73 Å². The van der Waals surface area contributed by atoms with Gasteiger partial charge < -0.3 is 20.4 Å². The predicted octanol–water partition coefficient (Wildman–Crippen LogP) is 2.61. The Hall–Kier alpha value is -3.88. The summed E-state index contributed by atoms with van der Waals surface area (Å²) in [6.45, 7) is 0.578. The normalized spacial score (nSPS) is 16.8. The van der Waals surface area contributed by atoms with Crippen LogP contribution in [0.3, 0.4) is 0 Å². The second-order valence-corrected chi connectivity index (χ2v) is 7.25. The van der Waals surface area contributed by atoms with Crippen LogP contribution >= 0.6 is 0 Å². The van der Waals surface area contributed by atoms with Crippen LogP contribution in [0.25, 0.3) is 10.9 Å². The summed E-state index contributed by atoms with van der Waals surface area (Å²) in [6.07, 6.45) is 5.17. The van der Waals surface area contributed by atoms with E-state index in [2.05, 4.69) is 16.0 Å². The first-order chi connectivity index (χ1) is 14.6. The highest BCUT2D eigenvalue weighted by Gasteiger charge is 2.31. The first-order valence-corrected chi connectivity index (χ1v) is 9.68. The summed E-state index contributed by atoms with van der Waals surface area (Å²) in [4.78, 5) is 21.6. The van der Waals surface area contributed by atoms with Gasteiger partial charge in [-0.1, -0.05) is 0 Å². The zero-order valence-electron chi connectivity index (χ0n) is 16.2. The Labute approximate surface area is 173 Å². The SMILES string of the molecule is N#Cc1ccc(Oc2ccc3[nH]cc(CC(N)C(=O)N4CCCC4C#N)c3c2)nc1. The number of nitrogens with two attached hydrogens (primary N) is 1. The number of rotatable bonds is 5. The average Bonchev–Trinajstić information content (AvgIpc) is 3.40. The van der Waals surface area contributed by atoms with E-state index >= 15 is 0 Å². The monoisotopic (exact) mass is 400 g/mol. The van der Waals surface area contributed by atoms with Crippen molar-refractivity contribution in [3.05, 3.63) is 53.9 Å². The summed E-state index contributed by atoms with van der Waals surface area (Å²) >= 11 is 0. The number of pyridine rings is 1. The zero-order valence-corrected chi connectivity index (χ0v) is 16.2. The number of nitrogens with zero attached hydrogens (tertiary/aromatic N) is 4. The fourth-order valence-electron chi connectivity index (χ4n) is 3.72. The van der Waals surface area contributed by atoms with Crippen LogP contribution < -0.4 is 10.5 Å². The number of H-pyrrole nitrogens is 1. The summed E-state index contributed by atoms with van der Waals surface area (Å²) in [5, 5.41) is 19.0. The third-order valence-electron chi connectivity index (χ3n) is 5.27. The van der Waals surface area contributed by atoms with Crippen molar-refractivity contribution in [1.82, 2.24) is 14.9 Å². The van der Waals surface area contributed by atoms with Gasteiger partial charge in [-0.2, -0.15) is 10.5 Å². The van der Waals surface area contributed by atoms with E-state index < -0.39 is 6.04 Å². The van der Waals surface area contributed by atoms with Crippen LogP contribution in [0.4, 0.5) is 0 Å². The molecular weight excluding hydrogens is 380 g/mol. The van der Waals surface area contributed by atoms with E-state index in [1.165, 1.54) is 6.20 Å². The molecule has 150 valence electrons. The lowest BCUT2D eigenvalue weighted by atomic mass is 10.0. The standard InChI is InChI=1S/C22H20N6O2/c23-10-14-3-6-21(27-12-14)30-17-4-5-20-18(9-17)15(13-26-20)8-19(25)22(29)28-7-1-2-16(28)11-24/h3-6,9,12-13,16,19,26H,1-2,7-8,25H2. The molecule has 1 amide bonds. The summed E-state index contributed by atoms with van der Waals surface area (Å²) < 4.78 is 5.80. The number of aromatic amines is 1. The third kappa shape index (κ3) is 3.82. The molecule has 8 heteroatoms. The molecule has 3 aromatic rings. The topological polar surface area (TPSA) is 132 Å². The van der Waals surface area contributed by atoms with E-state index in [9.17, 15) is 10.1 Å². The number of nitriles is 2. The number of likely N-dealkylation sites (tertiary alicyclic amines) is 1. The lowest BCUT2D eigenvalue weighted by Crippen LogP contribution is -2.46. The van der Waals surface area contributed by atoms with Gasteiger partial charge in [0, 0.05) is 35.9 Å². The second-order valence-electron chi connectivity index (χ2n) is 7.25. The first-order valence-electron chi connectivity index (χ1n) is 9.68. The predicted molar refractivity (Wildman–Crippen MR) is 109 cm³/mol. The molecule has 1 aliphatic rings. The maximum Gasteiger partial charge on any atom is 0.240 e.